The van der Waals surface area contributed by atoms with Crippen LogP contribution in [0.3, 0.4) is 0 Å². The third kappa shape index (κ3) is 8.65. The van der Waals surface area contributed by atoms with Gasteiger partial charge in [-0.2, -0.15) is 0 Å². The zero-order valence-electron chi connectivity index (χ0n) is 35.1. The smallest absolute Gasteiger partial charge is 0.168 e. The maximum atomic E-state index is 6.39. The SMILES string of the molecule is CC(C)(C)c1ccnc2nc(-c3[c-]ccc4c3oc3ccccc34)n(-c3ccc(-c4ccccc4)cc3)c12.CC(C)Cc1cc(-c2[c-]cccc2)ncc1[Si](C)(C)C.[Ir]. The van der Waals surface area contributed by atoms with Gasteiger partial charge in [-0.05, 0) is 69.6 Å². The first-order chi connectivity index (χ1) is 27.9. The van der Waals surface area contributed by atoms with Crippen LogP contribution in [0.1, 0.15) is 45.7 Å². The first kappa shape index (κ1) is 41.7. The third-order valence-electron chi connectivity index (χ3n) is 10.6. The maximum Gasteiger partial charge on any atom is 0.168 e. The summed E-state index contributed by atoms with van der Waals surface area (Å²) in [5.41, 5.74) is 12.2. The zero-order valence-corrected chi connectivity index (χ0v) is 38.5. The molecule has 0 fully saturated rings. The molecule has 0 N–H and O–H groups in total. The zero-order chi connectivity index (χ0) is 40.6. The number of furan rings is 1. The van der Waals surface area contributed by atoms with Crippen LogP contribution in [0.2, 0.25) is 19.6 Å². The van der Waals surface area contributed by atoms with Gasteiger partial charge in [0.1, 0.15) is 5.58 Å². The average Bonchev–Trinajstić information content (AvgIpc) is 3.80. The molecule has 4 heterocycles. The summed E-state index contributed by atoms with van der Waals surface area (Å²) < 4.78 is 8.61. The van der Waals surface area contributed by atoms with Crippen molar-refractivity contribution in [1.29, 1.82) is 0 Å². The van der Waals surface area contributed by atoms with E-state index in [1.54, 1.807) is 0 Å². The van der Waals surface area contributed by atoms with Crippen molar-refractivity contribution in [3.63, 3.8) is 0 Å². The normalized spacial score (nSPS) is 11.8. The average molecular weight is 967 g/mol. The number of imidazole rings is 1. The van der Waals surface area contributed by atoms with Gasteiger partial charge in [0.25, 0.3) is 0 Å². The Kier molecular flexibility index (Phi) is 12.0. The Morgan fingerprint density at radius 3 is 2.15 bits per heavy atom. The largest absolute Gasteiger partial charge is 0.501 e. The van der Waals surface area contributed by atoms with Crippen LogP contribution in [0.25, 0.3) is 72.6 Å². The molecule has 9 aromatic rings. The van der Waals surface area contributed by atoms with E-state index < -0.39 is 8.07 Å². The van der Waals surface area contributed by atoms with E-state index in [-0.39, 0.29) is 25.5 Å². The van der Waals surface area contributed by atoms with Gasteiger partial charge in [0, 0.05) is 43.6 Å². The van der Waals surface area contributed by atoms with Gasteiger partial charge in [0.2, 0.25) is 0 Å². The van der Waals surface area contributed by atoms with Crippen molar-refractivity contribution in [2.24, 2.45) is 5.92 Å². The van der Waals surface area contributed by atoms with Crippen LogP contribution >= 0.6 is 0 Å². The Labute approximate surface area is 363 Å². The van der Waals surface area contributed by atoms with Crippen molar-refractivity contribution in [3.8, 4) is 39.5 Å². The fourth-order valence-corrected chi connectivity index (χ4v) is 9.39. The van der Waals surface area contributed by atoms with Gasteiger partial charge in [0.15, 0.2) is 5.65 Å². The minimum Gasteiger partial charge on any atom is -0.501 e. The quantitative estimate of drug-likeness (QED) is 0.118. The predicted molar refractivity (Wildman–Crippen MR) is 245 cm³/mol. The summed E-state index contributed by atoms with van der Waals surface area (Å²) in [6.45, 7) is 18.4. The Bertz CT molecular complexity index is 2850. The maximum absolute atomic E-state index is 6.39. The van der Waals surface area contributed by atoms with Crippen molar-refractivity contribution in [2.75, 3.05) is 0 Å². The number of nitrogens with zero attached hydrogens (tertiary/aromatic N) is 4. The standard InChI is InChI=1S/C34H26N3O.C18H24NSi.Ir/c1-34(2,3)28-20-21-35-32-30(28)37(24-18-16-23(17-19-24)22-10-5-4-6-11-22)33(36-32)27-14-9-13-26-25-12-7-8-15-29(25)38-31(26)27;1-14(2)11-16-12-17(15-9-7-6-8-10-15)19-13-18(16)20(3,4)5;/h4-13,15-21H,1-3H3;6-9,12-14H,11H2,1-5H3;/q2*-1;. The predicted octanol–water partition coefficient (Wildman–Crippen LogP) is 13.0. The van der Waals surface area contributed by atoms with E-state index in [0.29, 0.717) is 11.6 Å². The van der Waals surface area contributed by atoms with Crippen LogP contribution in [0.5, 0.6) is 0 Å². The number of para-hydroxylation sites is 1. The van der Waals surface area contributed by atoms with Crippen LogP contribution in [0.15, 0.2) is 144 Å². The molecule has 0 aliphatic carbocycles. The third-order valence-corrected chi connectivity index (χ3v) is 12.6. The van der Waals surface area contributed by atoms with E-state index in [2.05, 4.69) is 161 Å². The van der Waals surface area contributed by atoms with Gasteiger partial charge in [-0.3, -0.25) is 4.98 Å². The molecule has 0 amide bonds. The number of fused-ring (bicyclic) bond motifs is 4. The fraction of sp³-hybridized carbons (Fsp3) is 0.212. The molecule has 0 saturated carbocycles. The number of aromatic nitrogens is 4. The molecule has 0 bridgehead atoms. The summed E-state index contributed by atoms with van der Waals surface area (Å²) in [4.78, 5) is 14.5. The molecule has 59 heavy (non-hydrogen) atoms. The summed E-state index contributed by atoms with van der Waals surface area (Å²) in [7, 11) is -1.34. The second kappa shape index (κ2) is 17.0. The van der Waals surface area contributed by atoms with Gasteiger partial charge in [-0.1, -0.05) is 138 Å². The van der Waals surface area contributed by atoms with Crippen LogP contribution in [-0.4, -0.2) is 27.6 Å². The molecule has 9 rings (SSSR count). The molecule has 4 aromatic heterocycles. The number of rotatable bonds is 7. The molecular weight excluding hydrogens is 917 g/mol. The molecule has 5 nitrogen and oxygen atoms in total. The monoisotopic (exact) mass is 967 g/mol. The number of hydrogen-bond donors (Lipinski definition) is 0. The summed E-state index contributed by atoms with van der Waals surface area (Å²) in [5, 5.41) is 3.63. The van der Waals surface area contributed by atoms with Crippen LogP contribution in [0.4, 0.5) is 0 Å². The molecule has 7 heteroatoms. The van der Waals surface area contributed by atoms with Gasteiger partial charge in [-0.15, -0.1) is 54.1 Å². The number of pyridine rings is 2. The Morgan fingerprint density at radius 1 is 0.746 bits per heavy atom. The van der Waals surface area contributed by atoms with Crippen molar-refractivity contribution < 1.29 is 24.5 Å². The molecular formula is C52H50IrN4OSi-2. The molecule has 5 aromatic carbocycles. The molecule has 0 aliphatic rings. The Balaban J connectivity index is 0.000000214. The second-order valence-corrected chi connectivity index (χ2v) is 22.5. The first-order valence-electron chi connectivity index (χ1n) is 20.2. The Hall–Kier alpha value is -5.46. The van der Waals surface area contributed by atoms with E-state index in [1.165, 1.54) is 27.4 Å². The molecule has 299 valence electrons. The summed E-state index contributed by atoms with van der Waals surface area (Å²) >= 11 is 0. The van der Waals surface area contributed by atoms with Crippen molar-refractivity contribution in [3.05, 3.63) is 163 Å². The van der Waals surface area contributed by atoms with E-state index in [1.807, 2.05) is 54.7 Å². The summed E-state index contributed by atoms with van der Waals surface area (Å²) in [6.07, 6.45) is 5.09. The molecule has 0 atom stereocenters. The molecule has 0 spiro atoms. The molecule has 1 radical (unpaired) electrons. The van der Waals surface area contributed by atoms with Crippen molar-refractivity contribution in [1.82, 2.24) is 19.5 Å². The van der Waals surface area contributed by atoms with Gasteiger partial charge >= 0.3 is 0 Å². The molecule has 0 saturated heterocycles. The molecule has 0 aliphatic heterocycles. The Morgan fingerprint density at radius 2 is 1.46 bits per heavy atom. The van der Waals surface area contributed by atoms with E-state index in [9.17, 15) is 0 Å². The first-order valence-corrected chi connectivity index (χ1v) is 23.7. The topological polar surface area (TPSA) is 56.7 Å². The fourth-order valence-electron chi connectivity index (χ4n) is 7.80. The van der Waals surface area contributed by atoms with Crippen molar-refractivity contribution in [2.45, 2.75) is 66.1 Å². The second-order valence-electron chi connectivity index (χ2n) is 17.5. The number of hydrogen-bond acceptors (Lipinski definition) is 4. The van der Waals surface area contributed by atoms with E-state index in [4.69, 9.17) is 14.4 Å². The van der Waals surface area contributed by atoms with Crippen LogP contribution in [-0.2, 0) is 31.9 Å². The van der Waals surface area contributed by atoms with Crippen LogP contribution < -0.4 is 5.19 Å². The summed E-state index contributed by atoms with van der Waals surface area (Å²) in [5.74, 6) is 1.43. The minimum absolute atomic E-state index is 0. The number of benzene rings is 5. The minimum atomic E-state index is -1.34. The van der Waals surface area contributed by atoms with Crippen LogP contribution in [0, 0.1) is 18.1 Å². The van der Waals surface area contributed by atoms with Gasteiger partial charge in [-0.25, -0.2) is 4.98 Å². The van der Waals surface area contributed by atoms with E-state index in [0.717, 1.165) is 62.2 Å². The molecule has 0 unspecified atom stereocenters. The van der Waals surface area contributed by atoms with Gasteiger partial charge < -0.3 is 14.0 Å². The van der Waals surface area contributed by atoms with Gasteiger partial charge in [0.05, 0.1) is 25.0 Å². The summed E-state index contributed by atoms with van der Waals surface area (Å²) in [6, 6.07) is 50.4. The van der Waals surface area contributed by atoms with E-state index >= 15 is 0 Å². The van der Waals surface area contributed by atoms with Crippen molar-refractivity contribution >= 4 is 46.4 Å².